The summed E-state index contributed by atoms with van der Waals surface area (Å²) in [5.74, 6) is 0. The third kappa shape index (κ3) is 3.76. The predicted octanol–water partition coefficient (Wildman–Crippen LogP) is -0.257. The molecule has 0 saturated heterocycles. The highest BCUT2D eigenvalue weighted by molar-refractivity contribution is 5.89. The predicted molar refractivity (Wildman–Crippen MR) is 61.0 cm³/mol. The lowest BCUT2D eigenvalue weighted by Gasteiger charge is -2.14. The van der Waals surface area contributed by atoms with Gasteiger partial charge in [-0.2, -0.15) is 0 Å². The van der Waals surface area contributed by atoms with Crippen molar-refractivity contribution >= 4 is 17.4 Å². The number of rotatable bonds is 4. The van der Waals surface area contributed by atoms with Gasteiger partial charge in [0.15, 0.2) is 0 Å². The maximum Gasteiger partial charge on any atom is 0.319 e. The zero-order chi connectivity index (χ0) is 12.0. The van der Waals surface area contributed by atoms with Gasteiger partial charge in [-0.3, -0.25) is 0 Å². The van der Waals surface area contributed by atoms with Gasteiger partial charge >= 0.3 is 6.03 Å². The van der Waals surface area contributed by atoms with E-state index < -0.39 is 12.1 Å². The second-order valence-electron chi connectivity index (χ2n) is 3.28. The maximum absolute atomic E-state index is 11.3. The smallest absolute Gasteiger partial charge is 0.319 e. The lowest BCUT2D eigenvalue weighted by molar-refractivity contribution is 0.172. The number of aliphatic hydroxyl groups is 2. The number of benzene rings is 1. The number of urea groups is 1. The Labute approximate surface area is 93.1 Å². The number of amides is 2. The van der Waals surface area contributed by atoms with Crippen LogP contribution in [0.15, 0.2) is 24.3 Å². The molecule has 0 heterocycles. The van der Waals surface area contributed by atoms with Crippen LogP contribution < -0.4 is 16.4 Å². The minimum Gasteiger partial charge on any atom is -0.399 e. The standard InChI is InChI=1S/C10H15N3O3/c11-7-1-3-8(4-2-7)12-10(16)13-9(5-14)6-15/h1-4,9,14-15H,5-6,11H2,(H2,12,13,16). The summed E-state index contributed by atoms with van der Waals surface area (Å²) in [5, 5.41) is 22.5. The minimum absolute atomic E-state index is 0.314. The number of nitrogens with two attached hydrogens (primary N) is 1. The highest BCUT2D eigenvalue weighted by Gasteiger charge is 2.09. The van der Waals surface area contributed by atoms with E-state index >= 15 is 0 Å². The van der Waals surface area contributed by atoms with Crippen LogP contribution in [-0.4, -0.2) is 35.5 Å². The third-order valence-electron chi connectivity index (χ3n) is 1.94. The van der Waals surface area contributed by atoms with E-state index in [1.54, 1.807) is 24.3 Å². The van der Waals surface area contributed by atoms with Gasteiger partial charge in [0.1, 0.15) is 0 Å². The van der Waals surface area contributed by atoms with Crippen LogP contribution in [0.2, 0.25) is 0 Å². The Bertz CT molecular complexity index is 336. The fraction of sp³-hybridized carbons (Fsp3) is 0.300. The molecule has 16 heavy (non-hydrogen) atoms. The van der Waals surface area contributed by atoms with Crippen LogP contribution in [0.25, 0.3) is 0 Å². The highest BCUT2D eigenvalue weighted by Crippen LogP contribution is 2.09. The molecule has 1 aromatic rings. The summed E-state index contributed by atoms with van der Waals surface area (Å²) in [6.45, 7) is -0.628. The summed E-state index contributed by atoms with van der Waals surface area (Å²) in [4.78, 5) is 11.3. The Morgan fingerprint density at radius 3 is 2.31 bits per heavy atom. The fourth-order valence-corrected chi connectivity index (χ4v) is 1.07. The van der Waals surface area contributed by atoms with E-state index in [1.165, 1.54) is 0 Å². The first kappa shape index (κ1) is 12.3. The van der Waals surface area contributed by atoms with E-state index in [4.69, 9.17) is 15.9 Å². The lowest BCUT2D eigenvalue weighted by atomic mass is 10.3. The van der Waals surface area contributed by atoms with E-state index in [2.05, 4.69) is 10.6 Å². The Kier molecular flexibility index (Phi) is 4.56. The van der Waals surface area contributed by atoms with Crippen LogP contribution in [-0.2, 0) is 0 Å². The number of aliphatic hydroxyl groups excluding tert-OH is 2. The maximum atomic E-state index is 11.3. The van der Waals surface area contributed by atoms with Crippen molar-refractivity contribution in [3.8, 4) is 0 Å². The average Bonchev–Trinajstić information content (AvgIpc) is 2.29. The van der Waals surface area contributed by atoms with Crippen LogP contribution in [0.4, 0.5) is 16.2 Å². The monoisotopic (exact) mass is 225 g/mol. The molecule has 6 nitrogen and oxygen atoms in total. The molecule has 0 atom stereocenters. The summed E-state index contributed by atoms with van der Waals surface area (Å²) in [6, 6.07) is 5.48. The van der Waals surface area contributed by atoms with E-state index in [1.807, 2.05) is 0 Å². The SMILES string of the molecule is Nc1ccc(NC(=O)NC(CO)CO)cc1. The van der Waals surface area contributed by atoms with Gasteiger partial charge in [-0.25, -0.2) is 4.79 Å². The number of hydrogen-bond donors (Lipinski definition) is 5. The summed E-state index contributed by atoms with van der Waals surface area (Å²) in [6.07, 6.45) is 0. The molecule has 0 aromatic heterocycles. The van der Waals surface area contributed by atoms with E-state index in [-0.39, 0.29) is 13.2 Å². The molecule has 1 aromatic carbocycles. The van der Waals surface area contributed by atoms with Crippen molar-refractivity contribution in [2.75, 3.05) is 24.3 Å². The summed E-state index contributed by atoms with van der Waals surface area (Å²) < 4.78 is 0. The molecule has 0 saturated carbocycles. The molecular weight excluding hydrogens is 210 g/mol. The van der Waals surface area contributed by atoms with Gasteiger partial charge in [0.25, 0.3) is 0 Å². The average molecular weight is 225 g/mol. The highest BCUT2D eigenvalue weighted by atomic mass is 16.3. The number of carbonyl (C=O) groups is 1. The van der Waals surface area contributed by atoms with Crippen molar-refractivity contribution in [3.05, 3.63) is 24.3 Å². The molecule has 0 bridgehead atoms. The first-order valence-corrected chi connectivity index (χ1v) is 4.80. The quantitative estimate of drug-likeness (QED) is 0.455. The topological polar surface area (TPSA) is 108 Å². The van der Waals surface area contributed by atoms with E-state index in [0.717, 1.165) is 0 Å². The van der Waals surface area contributed by atoms with Gasteiger partial charge < -0.3 is 26.6 Å². The molecular formula is C10H15N3O3. The van der Waals surface area contributed by atoms with Gasteiger partial charge in [0.05, 0.1) is 19.3 Å². The summed E-state index contributed by atoms with van der Waals surface area (Å²) >= 11 is 0. The van der Waals surface area contributed by atoms with Crippen molar-refractivity contribution in [2.45, 2.75) is 6.04 Å². The molecule has 1 rings (SSSR count). The number of hydrogen-bond acceptors (Lipinski definition) is 4. The van der Waals surface area contributed by atoms with Crippen molar-refractivity contribution < 1.29 is 15.0 Å². The Balaban J connectivity index is 2.48. The second kappa shape index (κ2) is 5.94. The normalized spacial score (nSPS) is 10.2. The number of nitrogen functional groups attached to an aromatic ring is 1. The molecule has 0 fully saturated rings. The molecule has 6 heteroatoms. The van der Waals surface area contributed by atoms with Crippen LogP contribution in [0.3, 0.4) is 0 Å². The van der Waals surface area contributed by atoms with Gasteiger partial charge in [0.2, 0.25) is 0 Å². The van der Waals surface area contributed by atoms with Crippen LogP contribution in [0, 0.1) is 0 Å². The minimum atomic E-state index is -0.659. The van der Waals surface area contributed by atoms with Crippen molar-refractivity contribution in [1.82, 2.24) is 5.32 Å². The molecule has 0 radical (unpaired) electrons. The van der Waals surface area contributed by atoms with Gasteiger partial charge in [-0.1, -0.05) is 0 Å². The Morgan fingerprint density at radius 1 is 1.25 bits per heavy atom. The Hall–Kier alpha value is -1.79. The van der Waals surface area contributed by atoms with Crippen LogP contribution in [0.5, 0.6) is 0 Å². The van der Waals surface area contributed by atoms with E-state index in [0.29, 0.717) is 11.4 Å². The number of anilines is 2. The first-order chi connectivity index (χ1) is 7.65. The number of carbonyl (C=O) groups excluding carboxylic acids is 1. The number of nitrogens with one attached hydrogen (secondary N) is 2. The zero-order valence-corrected chi connectivity index (χ0v) is 8.68. The van der Waals surface area contributed by atoms with Crippen LogP contribution >= 0.6 is 0 Å². The van der Waals surface area contributed by atoms with E-state index in [9.17, 15) is 4.79 Å². The molecule has 88 valence electrons. The second-order valence-corrected chi connectivity index (χ2v) is 3.28. The summed E-state index contributed by atoms with van der Waals surface area (Å²) in [5.41, 5.74) is 6.68. The van der Waals surface area contributed by atoms with Crippen molar-refractivity contribution in [2.24, 2.45) is 0 Å². The zero-order valence-electron chi connectivity index (χ0n) is 8.68. The molecule has 0 aliphatic rings. The molecule has 0 unspecified atom stereocenters. The van der Waals surface area contributed by atoms with Crippen LogP contribution in [0.1, 0.15) is 0 Å². The first-order valence-electron chi connectivity index (χ1n) is 4.80. The third-order valence-corrected chi connectivity index (χ3v) is 1.94. The van der Waals surface area contributed by atoms with Gasteiger partial charge in [0, 0.05) is 11.4 Å². The van der Waals surface area contributed by atoms with Gasteiger partial charge in [-0.05, 0) is 24.3 Å². The summed E-state index contributed by atoms with van der Waals surface area (Å²) in [7, 11) is 0. The molecule has 6 N–H and O–H groups in total. The molecule has 0 aliphatic carbocycles. The lowest BCUT2D eigenvalue weighted by Crippen LogP contribution is -2.42. The Morgan fingerprint density at radius 2 is 1.81 bits per heavy atom. The van der Waals surface area contributed by atoms with Gasteiger partial charge in [-0.15, -0.1) is 0 Å². The fourth-order valence-electron chi connectivity index (χ4n) is 1.07. The molecule has 0 aliphatic heterocycles. The van der Waals surface area contributed by atoms with Crippen molar-refractivity contribution in [3.63, 3.8) is 0 Å². The molecule has 2 amide bonds. The largest absolute Gasteiger partial charge is 0.399 e. The van der Waals surface area contributed by atoms with Crippen molar-refractivity contribution in [1.29, 1.82) is 0 Å². The molecule has 0 spiro atoms.